The summed E-state index contributed by atoms with van der Waals surface area (Å²) < 4.78 is 0. The number of hydrogen-bond acceptors (Lipinski definition) is 1. The maximum Gasteiger partial charge on any atom is 0.225 e. The highest BCUT2D eigenvalue weighted by Crippen LogP contribution is 2.16. The topological polar surface area (TPSA) is 20.3 Å². The highest BCUT2D eigenvalue weighted by molar-refractivity contribution is 5.78. The Morgan fingerprint density at radius 1 is 1.22 bits per heavy atom. The molecule has 100 valence electrons. The van der Waals surface area contributed by atoms with Crippen LogP contribution in [0.5, 0.6) is 0 Å². The molecule has 0 fully saturated rings. The van der Waals surface area contributed by atoms with E-state index < -0.39 is 0 Å². The molecule has 0 radical (unpaired) electrons. The van der Waals surface area contributed by atoms with Crippen LogP contribution in [-0.2, 0) is 11.3 Å². The van der Waals surface area contributed by atoms with Crippen LogP contribution in [0, 0.1) is 5.92 Å². The first-order chi connectivity index (χ1) is 8.69. The van der Waals surface area contributed by atoms with Crippen LogP contribution < -0.4 is 0 Å². The Hall–Kier alpha value is -1.31. The predicted molar refractivity (Wildman–Crippen MR) is 76.2 cm³/mol. The standard InChI is InChI=1S/C16H25NO/c1-4-6-12-15(5-2)16(18)17(3)13-14-10-8-7-9-11-14/h7-11,15H,4-6,12-13H2,1-3H3. The number of carbonyl (C=O) groups is 1. The second kappa shape index (κ2) is 7.91. The van der Waals surface area contributed by atoms with E-state index in [9.17, 15) is 4.79 Å². The first kappa shape index (κ1) is 14.7. The Morgan fingerprint density at radius 3 is 2.44 bits per heavy atom. The molecule has 2 heteroatoms. The average Bonchev–Trinajstić information content (AvgIpc) is 2.40. The molecule has 2 nitrogen and oxygen atoms in total. The van der Waals surface area contributed by atoms with E-state index in [0.717, 1.165) is 25.7 Å². The van der Waals surface area contributed by atoms with E-state index in [1.165, 1.54) is 5.56 Å². The SMILES string of the molecule is CCCCC(CC)C(=O)N(C)Cc1ccccc1. The van der Waals surface area contributed by atoms with Crippen LogP contribution in [0.3, 0.4) is 0 Å². The number of benzene rings is 1. The lowest BCUT2D eigenvalue weighted by molar-refractivity contribution is -0.135. The number of carbonyl (C=O) groups excluding carboxylic acids is 1. The Labute approximate surface area is 111 Å². The van der Waals surface area contributed by atoms with Crippen molar-refractivity contribution in [2.75, 3.05) is 7.05 Å². The van der Waals surface area contributed by atoms with E-state index in [2.05, 4.69) is 26.0 Å². The van der Waals surface area contributed by atoms with Crippen LogP contribution in [0.4, 0.5) is 0 Å². The van der Waals surface area contributed by atoms with Crippen LogP contribution in [-0.4, -0.2) is 17.9 Å². The minimum atomic E-state index is 0.193. The van der Waals surface area contributed by atoms with Crippen LogP contribution in [0.15, 0.2) is 30.3 Å². The molecule has 18 heavy (non-hydrogen) atoms. The predicted octanol–water partition coefficient (Wildman–Crippen LogP) is 3.86. The fraction of sp³-hybridized carbons (Fsp3) is 0.562. The Morgan fingerprint density at radius 2 is 1.89 bits per heavy atom. The smallest absolute Gasteiger partial charge is 0.225 e. The summed E-state index contributed by atoms with van der Waals surface area (Å²) in [4.78, 5) is 14.2. The van der Waals surface area contributed by atoms with Crippen molar-refractivity contribution in [1.82, 2.24) is 4.90 Å². The zero-order valence-electron chi connectivity index (χ0n) is 11.9. The lowest BCUT2D eigenvalue weighted by atomic mass is 9.98. The third-order valence-corrected chi connectivity index (χ3v) is 3.39. The molecule has 0 aliphatic rings. The van der Waals surface area contributed by atoms with Gasteiger partial charge in [-0.2, -0.15) is 0 Å². The Kier molecular flexibility index (Phi) is 6.48. The van der Waals surface area contributed by atoms with Gasteiger partial charge in [-0.1, -0.05) is 57.0 Å². The molecular weight excluding hydrogens is 222 g/mol. The fourth-order valence-electron chi connectivity index (χ4n) is 2.20. The van der Waals surface area contributed by atoms with Gasteiger partial charge in [0, 0.05) is 19.5 Å². The number of unbranched alkanes of at least 4 members (excludes halogenated alkanes) is 1. The lowest BCUT2D eigenvalue weighted by Gasteiger charge is -2.23. The first-order valence-electron chi connectivity index (χ1n) is 6.97. The van der Waals surface area contributed by atoms with Crippen molar-refractivity contribution >= 4 is 5.91 Å². The van der Waals surface area contributed by atoms with Crippen molar-refractivity contribution in [3.05, 3.63) is 35.9 Å². The molecule has 0 N–H and O–H groups in total. The molecule has 0 heterocycles. The van der Waals surface area contributed by atoms with Gasteiger partial charge in [-0.3, -0.25) is 4.79 Å². The number of nitrogens with zero attached hydrogens (tertiary/aromatic N) is 1. The maximum absolute atomic E-state index is 12.3. The summed E-state index contributed by atoms with van der Waals surface area (Å²) in [5.74, 6) is 0.480. The van der Waals surface area contributed by atoms with Crippen LogP contribution in [0.1, 0.15) is 45.1 Å². The van der Waals surface area contributed by atoms with E-state index in [1.54, 1.807) is 0 Å². The van der Waals surface area contributed by atoms with E-state index in [-0.39, 0.29) is 11.8 Å². The lowest BCUT2D eigenvalue weighted by Crippen LogP contribution is -2.32. The minimum absolute atomic E-state index is 0.193. The van der Waals surface area contributed by atoms with Gasteiger partial charge in [0.05, 0.1) is 0 Å². The molecule has 0 aromatic heterocycles. The van der Waals surface area contributed by atoms with Gasteiger partial charge in [-0.15, -0.1) is 0 Å². The van der Waals surface area contributed by atoms with Gasteiger partial charge in [0.1, 0.15) is 0 Å². The normalized spacial score (nSPS) is 12.2. The summed E-state index contributed by atoms with van der Waals surface area (Å²) in [5.41, 5.74) is 1.19. The monoisotopic (exact) mass is 247 g/mol. The summed E-state index contributed by atoms with van der Waals surface area (Å²) in [5, 5.41) is 0. The van der Waals surface area contributed by atoms with Gasteiger partial charge in [0.25, 0.3) is 0 Å². The first-order valence-corrected chi connectivity index (χ1v) is 6.97. The van der Waals surface area contributed by atoms with Gasteiger partial charge in [0.2, 0.25) is 5.91 Å². The molecule has 0 spiro atoms. The van der Waals surface area contributed by atoms with Crippen molar-refractivity contribution in [2.45, 2.75) is 46.1 Å². The van der Waals surface area contributed by atoms with Gasteiger partial charge in [0.15, 0.2) is 0 Å². The third-order valence-electron chi connectivity index (χ3n) is 3.39. The zero-order chi connectivity index (χ0) is 13.4. The zero-order valence-corrected chi connectivity index (χ0v) is 11.9. The molecule has 1 unspecified atom stereocenters. The maximum atomic E-state index is 12.3. The molecule has 1 aromatic carbocycles. The molecular formula is C16H25NO. The van der Waals surface area contributed by atoms with Crippen molar-refractivity contribution < 1.29 is 4.79 Å². The summed E-state index contributed by atoms with van der Waals surface area (Å²) in [6.07, 6.45) is 4.26. The second-order valence-electron chi connectivity index (χ2n) is 4.93. The average molecular weight is 247 g/mol. The molecule has 0 saturated carbocycles. The van der Waals surface area contributed by atoms with Gasteiger partial charge < -0.3 is 4.90 Å². The molecule has 1 rings (SSSR count). The quantitative estimate of drug-likeness (QED) is 0.716. The summed E-state index contributed by atoms with van der Waals surface area (Å²) in [7, 11) is 1.91. The van der Waals surface area contributed by atoms with Crippen LogP contribution in [0.25, 0.3) is 0 Å². The third kappa shape index (κ3) is 4.52. The second-order valence-corrected chi connectivity index (χ2v) is 4.93. The van der Waals surface area contributed by atoms with Crippen molar-refractivity contribution in [3.63, 3.8) is 0 Å². The van der Waals surface area contributed by atoms with E-state index in [1.807, 2.05) is 30.1 Å². The van der Waals surface area contributed by atoms with Crippen molar-refractivity contribution in [2.24, 2.45) is 5.92 Å². The van der Waals surface area contributed by atoms with E-state index in [0.29, 0.717) is 6.54 Å². The molecule has 0 aliphatic heterocycles. The van der Waals surface area contributed by atoms with E-state index >= 15 is 0 Å². The van der Waals surface area contributed by atoms with Crippen LogP contribution in [0.2, 0.25) is 0 Å². The molecule has 1 amide bonds. The molecule has 1 atom stereocenters. The van der Waals surface area contributed by atoms with E-state index in [4.69, 9.17) is 0 Å². The number of amides is 1. The van der Waals surface area contributed by atoms with Gasteiger partial charge >= 0.3 is 0 Å². The summed E-state index contributed by atoms with van der Waals surface area (Å²) in [6.45, 7) is 4.99. The van der Waals surface area contributed by atoms with Crippen LogP contribution >= 0.6 is 0 Å². The molecule has 1 aromatic rings. The van der Waals surface area contributed by atoms with Gasteiger partial charge in [-0.25, -0.2) is 0 Å². The van der Waals surface area contributed by atoms with Gasteiger partial charge in [-0.05, 0) is 18.4 Å². The highest BCUT2D eigenvalue weighted by Gasteiger charge is 2.19. The minimum Gasteiger partial charge on any atom is -0.341 e. The van der Waals surface area contributed by atoms with Crippen molar-refractivity contribution in [3.8, 4) is 0 Å². The number of rotatable bonds is 7. The molecule has 0 aliphatic carbocycles. The fourth-order valence-corrected chi connectivity index (χ4v) is 2.20. The van der Waals surface area contributed by atoms with Crippen molar-refractivity contribution in [1.29, 1.82) is 0 Å². The Bertz CT molecular complexity index is 347. The summed E-state index contributed by atoms with van der Waals surface area (Å²) >= 11 is 0. The molecule has 0 saturated heterocycles. The highest BCUT2D eigenvalue weighted by atomic mass is 16.2. The summed E-state index contributed by atoms with van der Waals surface area (Å²) in [6, 6.07) is 10.2. The molecule has 0 bridgehead atoms. The largest absolute Gasteiger partial charge is 0.341 e. The Balaban J connectivity index is 2.54. The number of hydrogen-bond donors (Lipinski definition) is 0.